The number of ether oxygens (including phenoxy) is 2. The highest BCUT2D eigenvalue weighted by Gasteiger charge is 2.13. The van der Waals surface area contributed by atoms with Gasteiger partial charge in [-0.1, -0.05) is 6.07 Å². The lowest BCUT2D eigenvalue weighted by molar-refractivity contribution is 0.288. The summed E-state index contributed by atoms with van der Waals surface area (Å²) in [5.74, 6) is 1.46. The van der Waals surface area contributed by atoms with E-state index in [1.54, 1.807) is 11.3 Å². The Kier molecular flexibility index (Phi) is 10.3. The number of thiazole rings is 1. The number of nitrogens with zero attached hydrogens (tertiary/aromatic N) is 2. The summed E-state index contributed by atoms with van der Waals surface area (Å²) in [7, 11) is -3.29. The van der Waals surface area contributed by atoms with Crippen LogP contribution < -0.4 is 9.47 Å². The molecule has 12 heteroatoms. The molecule has 0 aliphatic rings. The first-order valence-electron chi connectivity index (χ1n) is 9.71. The average molecular weight is 512 g/mol. The molecule has 33 heavy (non-hydrogen) atoms. The van der Waals surface area contributed by atoms with Gasteiger partial charge in [-0.25, -0.2) is 9.97 Å². The highest BCUT2D eigenvalue weighted by atomic mass is 32.3. The molecule has 0 unspecified atom stereocenters. The zero-order valence-electron chi connectivity index (χ0n) is 18.6. The molecule has 0 aliphatic heterocycles. The first kappa shape index (κ1) is 26.7. The molecule has 1 aromatic carbocycles. The fraction of sp³-hybridized carbons (Fsp3) is 0.286. The van der Waals surface area contributed by atoms with Crippen LogP contribution in [0.15, 0.2) is 41.8 Å². The van der Waals surface area contributed by atoms with Crippen molar-refractivity contribution in [3.8, 4) is 33.5 Å². The highest BCUT2D eigenvalue weighted by Crippen LogP contribution is 2.35. The lowest BCUT2D eigenvalue weighted by atomic mass is 10.2. The first-order chi connectivity index (χ1) is 15.7. The van der Waals surface area contributed by atoms with Crippen LogP contribution in [0.2, 0.25) is 0 Å². The van der Waals surface area contributed by atoms with E-state index in [1.165, 1.54) is 11.8 Å². The summed E-state index contributed by atoms with van der Waals surface area (Å²) in [6.45, 7) is 5.07. The molecule has 3 aromatic rings. The number of hydrogen-bond acceptors (Lipinski definition) is 10. The summed E-state index contributed by atoms with van der Waals surface area (Å²) in [4.78, 5) is 9.30. The van der Waals surface area contributed by atoms with E-state index in [9.17, 15) is 8.42 Å². The Morgan fingerprint density at radius 1 is 1.09 bits per heavy atom. The van der Waals surface area contributed by atoms with E-state index in [1.807, 2.05) is 61.9 Å². The van der Waals surface area contributed by atoms with Crippen molar-refractivity contribution in [2.75, 3.05) is 26.6 Å². The summed E-state index contributed by atoms with van der Waals surface area (Å²) in [6.07, 6.45) is 1.87. The maximum Gasteiger partial charge on any atom is 0.397 e. The fourth-order valence-corrected chi connectivity index (χ4v) is 3.65. The molecule has 178 valence electrons. The molecule has 0 radical (unpaired) electrons. The van der Waals surface area contributed by atoms with Crippen molar-refractivity contribution >= 4 is 38.5 Å². The summed E-state index contributed by atoms with van der Waals surface area (Å²) in [6, 6.07) is 11.5. The first-order valence-corrected chi connectivity index (χ1v) is 13.2. The highest BCUT2D eigenvalue weighted by molar-refractivity contribution is 8.13. The van der Waals surface area contributed by atoms with Gasteiger partial charge in [-0.2, -0.15) is 8.42 Å². The smallest absolute Gasteiger partial charge is 0.397 e. The van der Waals surface area contributed by atoms with Crippen molar-refractivity contribution in [1.29, 1.82) is 5.41 Å². The van der Waals surface area contributed by atoms with Crippen LogP contribution in [0.1, 0.15) is 19.5 Å². The van der Waals surface area contributed by atoms with Gasteiger partial charge < -0.3 is 9.47 Å². The molecule has 0 amide bonds. The van der Waals surface area contributed by atoms with Crippen LogP contribution in [-0.4, -0.2) is 54.6 Å². The lowest BCUT2D eigenvalue weighted by Crippen LogP contribution is -1.98. The number of pyridine rings is 1. The minimum Gasteiger partial charge on any atom is -0.490 e. The third-order valence-corrected chi connectivity index (χ3v) is 5.88. The SMILES string of the molecule is CCOc1ccc(-c2nc(-c3cccc(C(=N)SC)n3)cs2)cc1OCC.COS(=O)(=O)O. The molecule has 2 heterocycles. The van der Waals surface area contributed by atoms with Gasteiger partial charge in [-0.15, -0.1) is 23.1 Å². The van der Waals surface area contributed by atoms with Crippen molar-refractivity contribution in [2.45, 2.75) is 13.8 Å². The maximum atomic E-state index is 9.33. The quantitative estimate of drug-likeness (QED) is 0.249. The molecule has 0 saturated carbocycles. The Labute approximate surface area is 201 Å². The van der Waals surface area contributed by atoms with E-state index in [0.717, 1.165) is 40.6 Å². The predicted octanol–water partition coefficient (Wildman–Crippen LogP) is 4.79. The minimum atomic E-state index is -4.16. The summed E-state index contributed by atoms with van der Waals surface area (Å²) in [5.41, 5.74) is 3.21. The second-order valence-electron chi connectivity index (χ2n) is 6.10. The van der Waals surface area contributed by atoms with Crippen LogP contribution in [0.5, 0.6) is 11.5 Å². The largest absolute Gasteiger partial charge is 0.490 e. The molecule has 3 rings (SSSR count). The molecular formula is C21H25N3O6S3. The summed E-state index contributed by atoms with van der Waals surface area (Å²) in [5, 5.41) is 11.3. The zero-order valence-corrected chi connectivity index (χ0v) is 21.0. The molecule has 0 saturated heterocycles. The average Bonchev–Trinajstić information content (AvgIpc) is 3.30. The standard InChI is InChI=1S/C20H21N3O2S2.CH4O4S/c1-4-24-17-10-9-13(11-18(17)25-5-2)20-23-16(12-27-20)14-7-6-8-15(22-14)19(21)26-3;1-5-6(2,3)4/h6-12,21H,4-5H2,1-3H3;1H3,(H,2,3,4). The maximum absolute atomic E-state index is 9.33. The molecular weight excluding hydrogens is 486 g/mol. The number of nitrogens with one attached hydrogen (secondary N) is 1. The van der Waals surface area contributed by atoms with Crippen molar-refractivity contribution in [3.63, 3.8) is 0 Å². The minimum absolute atomic E-state index is 0.445. The van der Waals surface area contributed by atoms with E-state index in [0.29, 0.717) is 24.0 Å². The monoisotopic (exact) mass is 511 g/mol. The van der Waals surface area contributed by atoms with Crippen LogP contribution >= 0.6 is 23.1 Å². The Morgan fingerprint density at radius 3 is 2.36 bits per heavy atom. The normalized spacial score (nSPS) is 10.8. The van der Waals surface area contributed by atoms with Crippen molar-refractivity contribution < 1.29 is 26.6 Å². The van der Waals surface area contributed by atoms with E-state index >= 15 is 0 Å². The number of aromatic nitrogens is 2. The molecule has 0 bridgehead atoms. The van der Waals surface area contributed by atoms with E-state index in [-0.39, 0.29) is 0 Å². The van der Waals surface area contributed by atoms with Gasteiger partial charge in [-0.3, -0.25) is 14.1 Å². The molecule has 9 nitrogen and oxygen atoms in total. The molecule has 0 aliphatic carbocycles. The Morgan fingerprint density at radius 2 is 1.76 bits per heavy atom. The van der Waals surface area contributed by atoms with Gasteiger partial charge in [0, 0.05) is 10.9 Å². The van der Waals surface area contributed by atoms with Gasteiger partial charge in [0.25, 0.3) is 0 Å². The summed E-state index contributed by atoms with van der Waals surface area (Å²) >= 11 is 2.93. The van der Waals surface area contributed by atoms with Gasteiger partial charge in [-0.05, 0) is 50.4 Å². The molecule has 0 fully saturated rings. The third-order valence-electron chi connectivity index (χ3n) is 3.95. The van der Waals surface area contributed by atoms with Crippen molar-refractivity contribution in [1.82, 2.24) is 9.97 Å². The van der Waals surface area contributed by atoms with Crippen LogP contribution in [0, 0.1) is 5.41 Å². The summed E-state index contributed by atoms with van der Waals surface area (Å²) < 4.78 is 41.0. The van der Waals surface area contributed by atoms with E-state index in [4.69, 9.17) is 24.4 Å². The van der Waals surface area contributed by atoms with Gasteiger partial charge in [0.15, 0.2) is 11.5 Å². The number of thioether (sulfide) groups is 1. The second kappa shape index (κ2) is 12.7. The van der Waals surface area contributed by atoms with Crippen LogP contribution in [-0.2, 0) is 14.6 Å². The van der Waals surface area contributed by atoms with Crippen molar-refractivity contribution in [2.24, 2.45) is 0 Å². The second-order valence-corrected chi connectivity index (χ2v) is 8.96. The Bertz CT molecular complexity index is 1180. The molecule has 2 N–H and O–H groups in total. The Hall–Kier alpha value is -2.51. The number of hydrogen-bond donors (Lipinski definition) is 2. The van der Waals surface area contributed by atoms with Gasteiger partial charge in [0.2, 0.25) is 0 Å². The number of benzene rings is 1. The molecule has 0 spiro atoms. The van der Waals surface area contributed by atoms with Crippen molar-refractivity contribution in [3.05, 3.63) is 47.5 Å². The lowest BCUT2D eigenvalue weighted by Gasteiger charge is -2.11. The van der Waals surface area contributed by atoms with E-state index in [2.05, 4.69) is 9.17 Å². The van der Waals surface area contributed by atoms with E-state index < -0.39 is 10.4 Å². The van der Waals surface area contributed by atoms with Gasteiger partial charge in [0.1, 0.15) is 15.7 Å². The predicted molar refractivity (Wildman–Crippen MR) is 132 cm³/mol. The van der Waals surface area contributed by atoms with Gasteiger partial charge in [0.05, 0.1) is 31.7 Å². The van der Waals surface area contributed by atoms with Crippen LogP contribution in [0.3, 0.4) is 0 Å². The van der Waals surface area contributed by atoms with Gasteiger partial charge >= 0.3 is 10.4 Å². The molecule has 2 aromatic heterocycles. The topological polar surface area (TPSA) is 132 Å². The number of rotatable bonds is 8. The fourth-order valence-electron chi connectivity index (χ4n) is 2.52. The van der Waals surface area contributed by atoms with Crippen LogP contribution in [0.25, 0.3) is 22.0 Å². The zero-order chi connectivity index (χ0) is 24.4. The Balaban J connectivity index is 0.000000569. The third kappa shape index (κ3) is 8.09. The van der Waals surface area contributed by atoms with Crippen LogP contribution in [0.4, 0.5) is 0 Å². The molecule has 0 atom stereocenters.